The first-order valence-corrected chi connectivity index (χ1v) is 7.22. The van der Waals surface area contributed by atoms with Crippen molar-refractivity contribution in [2.75, 3.05) is 5.32 Å². The van der Waals surface area contributed by atoms with E-state index in [0.717, 1.165) is 21.7 Å². The van der Waals surface area contributed by atoms with Gasteiger partial charge in [0, 0.05) is 11.1 Å². The van der Waals surface area contributed by atoms with Gasteiger partial charge in [0.2, 0.25) is 0 Å². The SMILES string of the molecule is Cc1ncc(CNc2c(Cl)ccc3nsnc23)s1. The van der Waals surface area contributed by atoms with Crippen LogP contribution in [0, 0.1) is 6.92 Å². The van der Waals surface area contributed by atoms with Gasteiger partial charge in [-0.3, -0.25) is 0 Å². The van der Waals surface area contributed by atoms with Gasteiger partial charge >= 0.3 is 0 Å². The summed E-state index contributed by atoms with van der Waals surface area (Å²) in [4.78, 5) is 5.39. The second kappa shape index (κ2) is 4.79. The molecule has 0 aliphatic carbocycles. The van der Waals surface area contributed by atoms with Crippen LogP contribution in [0.15, 0.2) is 18.3 Å². The molecule has 0 fully saturated rings. The molecule has 0 saturated carbocycles. The van der Waals surface area contributed by atoms with E-state index in [-0.39, 0.29) is 0 Å². The number of benzene rings is 1. The molecular formula is C11H9ClN4S2. The van der Waals surface area contributed by atoms with Crippen LogP contribution < -0.4 is 5.32 Å². The lowest BCUT2D eigenvalue weighted by Crippen LogP contribution is -1.99. The molecule has 7 heteroatoms. The highest BCUT2D eigenvalue weighted by Crippen LogP contribution is 2.30. The summed E-state index contributed by atoms with van der Waals surface area (Å²) in [5.74, 6) is 0. The molecule has 0 unspecified atom stereocenters. The molecular weight excluding hydrogens is 288 g/mol. The highest BCUT2D eigenvalue weighted by Gasteiger charge is 2.10. The van der Waals surface area contributed by atoms with Gasteiger partial charge in [0.25, 0.3) is 0 Å². The first kappa shape index (κ1) is 11.8. The smallest absolute Gasteiger partial charge is 0.129 e. The second-order valence-electron chi connectivity index (χ2n) is 3.75. The summed E-state index contributed by atoms with van der Waals surface area (Å²) in [6.45, 7) is 2.69. The summed E-state index contributed by atoms with van der Waals surface area (Å²) in [5.41, 5.74) is 2.54. The van der Waals surface area contributed by atoms with Crippen LogP contribution in [0.2, 0.25) is 5.02 Å². The van der Waals surface area contributed by atoms with Crippen LogP contribution in [0.3, 0.4) is 0 Å². The predicted molar refractivity (Wildman–Crippen MR) is 76.6 cm³/mol. The minimum absolute atomic E-state index is 0.663. The fraction of sp³-hybridized carbons (Fsp3) is 0.182. The zero-order valence-electron chi connectivity index (χ0n) is 9.48. The molecule has 0 aliphatic rings. The molecule has 0 spiro atoms. The molecule has 1 N–H and O–H groups in total. The maximum absolute atomic E-state index is 6.19. The lowest BCUT2D eigenvalue weighted by atomic mass is 10.2. The van der Waals surface area contributed by atoms with E-state index < -0.39 is 0 Å². The van der Waals surface area contributed by atoms with Crippen LogP contribution in [0.25, 0.3) is 11.0 Å². The molecule has 92 valence electrons. The molecule has 4 nitrogen and oxygen atoms in total. The average molecular weight is 297 g/mol. The average Bonchev–Trinajstić information content (AvgIpc) is 2.96. The number of nitrogens with one attached hydrogen (secondary N) is 1. The van der Waals surface area contributed by atoms with Crippen LogP contribution in [0.1, 0.15) is 9.88 Å². The number of anilines is 1. The molecule has 2 heterocycles. The maximum Gasteiger partial charge on any atom is 0.129 e. The highest BCUT2D eigenvalue weighted by molar-refractivity contribution is 7.11. The summed E-state index contributed by atoms with van der Waals surface area (Å²) in [7, 11) is 0. The molecule has 0 saturated heterocycles. The summed E-state index contributed by atoms with van der Waals surface area (Å²) in [6, 6.07) is 3.72. The van der Waals surface area contributed by atoms with E-state index in [0.29, 0.717) is 11.6 Å². The minimum atomic E-state index is 0.663. The highest BCUT2D eigenvalue weighted by atomic mass is 35.5. The van der Waals surface area contributed by atoms with Gasteiger partial charge in [0.15, 0.2) is 0 Å². The van der Waals surface area contributed by atoms with Gasteiger partial charge in [-0.05, 0) is 19.1 Å². The van der Waals surface area contributed by atoms with Crippen molar-refractivity contribution < 1.29 is 0 Å². The van der Waals surface area contributed by atoms with Crippen LogP contribution in [-0.2, 0) is 6.54 Å². The number of aryl methyl sites for hydroxylation is 1. The number of thiazole rings is 1. The second-order valence-corrected chi connectivity index (χ2v) is 6.01. The lowest BCUT2D eigenvalue weighted by molar-refractivity contribution is 1.17. The van der Waals surface area contributed by atoms with Crippen molar-refractivity contribution in [3.05, 3.63) is 33.2 Å². The number of hydrogen-bond acceptors (Lipinski definition) is 6. The van der Waals surface area contributed by atoms with Crippen LogP contribution in [-0.4, -0.2) is 13.7 Å². The zero-order valence-corrected chi connectivity index (χ0v) is 11.9. The third-order valence-electron chi connectivity index (χ3n) is 2.49. The molecule has 3 rings (SSSR count). The van der Waals surface area contributed by atoms with E-state index in [1.165, 1.54) is 16.6 Å². The third-order valence-corrected chi connectivity index (χ3v) is 4.26. The molecule has 18 heavy (non-hydrogen) atoms. The zero-order chi connectivity index (χ0) is 12.5. The molecule has 3 aromatic rings. The molecule has 0 amide bonds. The number of nitrogens with zero attached hydrogens (tertiary/aromatic N) is 3. The number of hydrogen-bond donors (Lipinski definition) is 1. The minimum Gasteiger partial charge on any atom is -0.377 e. The van der Waals surface area contributed by atoms with Crippen LogP contribution >= 0.6 is 34.7 Å². The Morgan fingerprint density at radius 3 is 3.00 bits per heavy atom. The van der Waals surface area contributed by atoms with Gasteiger partial charge < -0.3 is 5.32 Å². The van der Waals surface area contributed by atoms with Gasteiger partial charge in [-0.15, -0.1) is 11.3 Å². The van der Waals surface area contributed by atoms with Crippen molar-refractivity contribution in [2.45, 2.75) is 13.5 Å². The van der Waals surface area contributed by atoms with E-state index in [1.807, 2.05) is 25.3 Å². The van der Waals surface area contributed by atoms with E-state index in [4.69, 9.17) is 11.6 Å². The van der Waals surface area contributed by atoms with Crippen LogP contribution in [0.4, 0.5) is 5.69 Å². The van der Waals surface area contributed by atoms with Crippen molar-refractivity contribution in [1.82, 2.24) is 13.7 Å². The largest absolute Gasteiger partial charge is 0.377 e. The Labute approximate surface area is 117 Å². The molecule has 2 aromatic heterocycles. The Bertz CT molecular complexity index is 691. The first-order chi connectivity index (χ1) is 8.74. The van der Waals surface area contributed by atoms with Crippen molar-refractivity contribution in [3.63, 3.8) is 0 Å². The monoisotopic (exact) mass is 296 g/mol. The Kier molecular flexibility index (Phi) is 3.15. The predicted octanol–water partition coefficient (Wildman–Crippen LogP) is 3.72. The topological polar surface area (TPSA) is 50.7 Å². The number of halogens is 1. The van der Waals surface area contributed by atoms with Crippen molar-refractivity contribution >= 4 is 51.4 Å². The number of rotatable bonds is 3. The van der Waals surface area contributed by atoms with Gasteiger partial charge in [0.1, 0.15) is 11.0 Å². The normalized spacial score (nSPS) is 11.0. The fourth-order valence-corrected chi connectivity index (χ4v) is 3.15. The van der Waals surface area contributed by atoms with E-state index in [9.17, 15) is 0 Å². The Morgan fingerprint density at radius 1 is 1.33 bits per heavy atom. The number of aromatic nitrogens is 3. The van der Waals surface area contributed by atoms with Crippen molar-refractivity contribution in [2.24, 2.45) is 0 Å². The Hall–Kier alpha value is -1.24. The quantitative estimate of drug-likeness (QED) is 0.800. The molecule has 0 bridgehead atoms. The first-order valence-electron chi connectivity index (χ1n) is 5.30. The van der Waals surface area contributed by atoms with Crippen molar-refractivity contribution in [3.8, 4) is 0 Å². The Morgan fingerprint density at radius 2 is 2.22 bits per heavy atom. The van der Waals surface area contributed by atoms with E-state index in [1.54, 1.807) is 11.3 Å². The summed E-state index contributed by atoms with van der Waals surface area (Å²) >= 11 is 9.06. The van der Waals surface area contributed by atoms with Gasteiger partial charge in [0.05, 0.1) is 34.0 Å². The molecule has 0 radical (unpaired) electrons. The van der Waals surface area contributed by atoms with E-state index in [2.05, 4.69) is 19.0 Å². The molecule has 0 atom stereocenters. The maximum atomic E-state index is 6.19. The fourth-order valence-electron chi connectivity index (χ4n) is 1.66. The third kappa shape index (κ3) is 2.19. The standard InChI is InChI=1S/C11H9ClN4S2/c1-6-13-4-7(17-6)5-14-10-8(12)2-3-9-11(10)16-18-15-9/h2-4,14H,5H2,1H3. The van der Waals surface area contributed by atoms with Crippen LogP contribution in [0.5, 0.6) is 0 Å². The van der Waals surface area contributed by atoms with Gasteiger partial charge in [-0.25, -0.2) is 4.98 Å². The van der Waals surface area contributed by atoms with Gasteiger partial charge in [-0.1, -0.05) is 11.6 Å². The molecule has 0 aliphatic heterocycles. The lowest BCUT2D eigenvalue weighted by Gasteiger charge is -2.07. The number of fused-ring (bicyclic) bond motifs is 1. The van der Waals surface area contributed by atoms with E-state index >= 15 is 0 Å². The summed E-state index contributed by atoms with van der Waals surface area (Å²) in [6.07, 6.45) is 1.88. The molecule has 1 aromatic carbocycles. The Balaban J connectivity index is 1.89. The van der Waals surface area contributed by atoms with Crippen molar-refractivity contribution in [1.29, 1.82) is 0 Å². The summed E-state index contributed by atoms with van der Waals surface area (Å²) in [5, 5.41) is 5.04. The van der Waals surface area contributed by atoms with Gasteiger partial charge in [-0.2, -0.15) is 8.75 Å². The summed E-state index contributed by atoms with van der Waals surface area (Å²) < 4.78 is 8.47.